The van der Waals surface area contributed by atoms with Gasteiger partial charge in [-0.3, -0.25) is 4.79 Å². The molecule has 1 aliphatic carbocycles. The molecule has 0 aliphatic heterocycles. The van der Waals surface area contributed by atoms with Crippen LogP contribution in [0.3, 0.4) is 0 Å². The number of ether oxygens (including phenoxy) is 1. The minimum Gasteiger partial charge on any atom is -0.381 e. The smallest absolute Gasteiger partial charge is 0.253 e. The molecule has 4 nitrogen and oxygen atoms in total. The van der Waals surface area contributed by atoms with Crippen molar-refractivity contribution in [3.63, 3.8) is 0 Å². The lowest BCUT2D eigenvalue weighted by molar-refractivity contribution is 0.0939. The van der Waals surface area contributed by atoms with Gasteiger partial charge in [-0.25, -0.2) is 0 Å². The highest BCUT2D eigenvalue weighted by atomic mass is 16.5. The van der Waals surface area contributed by atoms with E-state index >= 15 is 0 Å². The van der Waals surface area contributed by atoms with Crippen LogP contribution >= 0.6 is 0 Å². The van der Waals surface area contributed by atoms with Crippen LogP contribution in [0.25, 0.3) is 10.9 Å². The van der Waals surface area contributed by atoms with Gasteiger partial charge in [-0.15, -0.1) is 0 Å². The van der Waals surface area contributed by atoms with E-state index in [9.17, 15) is 4.79 Å². The number of hydrogen-bond acceptors (Lipinski definition) is 2. The quantitative estimate of drug-likeness (QED) is 0.761. The molecular weight excluding hydrogens is 252 g/mol. The van der Waals surface area contributed by atoms with Crippen LogP contribution in [0.2, 0.25) is 0 Å². The molecular formula is C16H20N2O2. The average molecular weight is 272 g/mol. The van der Waals surface area contributed by atoms with Crippen LogP contribution in [-0.2, 0) is 4.74 Å². The van der Waals surface area contributed by atoms with E-state index < -0.39 is 0 Å². The van der Waals surface area contributed by atoms with Gasteiger partial charge >= 0.3 is 0 Å². The van der Waals surface area contributed by atoms with Crippen molar-refractivity contribution in [2.75, 3.05) is 19.8 Å². The fourth-order valence-corrected chi connectivity index (χ4v) is 2.27. The lowest BCUT2D eigenvalue weighted by Gasteiger charge is -2.05. The van der Waals surface area contributed by atoms with Crippen LogP contribution in [0.15, 0.2) is 30.5 Å². The van der Waals surface area contributed by atoms with E-state index in [2.05, 4.69) is 10.3 Å². The molecule has 1 saturated carbocycles. The molecule has 2 N–H and O–H groups in total. The van der Waals surface area contributed by atoms with Crippen molar-refractivity contribution >= 4 is 16.8 Å². The van der Waals surface area contributed by atoms with Gasteiger partial charge in [-0.1, -0.05) is 18.2 Å². The van der Waals surface area contributed by atoms with E-state index in [0.717, 1.165) is 36.5 Å². The molecule has 1 aromatic carbocycles. The Labute approximate surface area is 118 Å². The minimum absolute atomic E-state index is 0.0235. The fourth-order valence-electron chi connectivity index (χ4n) is 2.27. The molecule has 20 heavy (non-hydrogen) atoms. The van der Waals surface area contributed by atoms with Crippen molar-refractivity contribution < 1.29 is 9.53 Å². The zero-order chi connectivity index (χ0) is 13.8. The van der Waals surface area contributed by atoms with E-state index in [4.69, 9.17) is 4.74 Å². The first-order valence-corrected chi connectivity index (χ1v) is 7.26. The number of aromatic amines is 1. The third-order valence-corrected chi connectivity index (χ3v) is 3.64. The summed E-state index contributed by atoms with van der Waals surface area (Å²) in [6.45, 7) is 2.27. The molecule has 106 valence electrons. The maximum Gasteiger partial charge on any atom is 0.253 e. The molecule has 0 bridgehead atoms. The summed E-state index contributed by atoms with van der Waals surface area (Å²) in [5.41, 5.74) is 1.70. The molecule has 0 spiro atoms. The zero-order valence-corrected chi connectivity index (χ0v) is 11.5. The highest BCUT2D eigenvalue weighted by Gasteiger charge is 2.20. The number of amides is 1. The fraction of sp³-hybridized carbons (Fsp3) is 0.438. The summed E-state index contributed by atoms with van der Waals surface area (Å²) < 4.78 is 5.54. The third kappa shape index (κ3) is 3.20. The highest BCUT2D eigenvalue weighted by molar-refractivity contribution is 6.06. The van der Waals surface area contributed by atoms with Gasteiger partial charge in [0.05, 0.1) is 5.56 Å². The standard InChI is InChI=1S/C16H20N2O2/c19-16(17-8-3-9-20-11-12-6-7-12)14-10-18-15-5-2-1-4-13(14)15/h1-2,4-5,10,12,18H,3,6-9,11H2,(H,17,19). The number of nitrogens with one attached hydrogen (secondary N) is 2. The number of carbonyl (C=O) groups excluding carboxylic acids is 1. The first-order valence-electron chi connectivity index (χ1n) is 7.26. The van der Waals surface area contributed by atoms with E-state index in [-0.39, 0.29) is 5.91 Å². The maximum absolute atomic E-state index is 12.1. The van der Waals surface area contributed by atoms with Gasteiger partial charge in [-0.2, -0.15) is 0 Å². The number of hydrogen-bond donors (Lipinski definition) is 2. The summed E-state index contributed by atoms with van der Waals surface area (Å²) in [7, 11) is 0. The largest absolute Gasteiger partial charge is 0.381 e. The Morgan fingerprint density at radius 3 is 3.05 bits per heavy atom. The van der Waals surface area contributed by atoms with Gasteiger partial charge in [0.1, 0.15) is 0 Å². The number of fused-ring (bicyclic) bond motifs is 1. The number of carbonyl (C=O) groups is 1. The predicted molar refractivity (Wildman–Crippen MR) is 78.8 cm³/mol. The lowest BCUT2D eigenvalue weighted by atomic mass is 10.1. The third-order valence-electron chi connectivity index (χ3n) is 3.64. The van der Waals surface area contributed by atoms with Crippen molar-refractivity contribution in [3.8, 4) is 0 Å². The van der Waals surface area contributed by atoms with Crippen LogP contribution in [0.1, 0.15) is 29.6 Å². The normalized spacial score (nSPS) is 14.6. The molecule has 1 amide bonds. The molecule has 4 heteroatoms. The summed E-state index contributed by atoms with van der Waals surface area (Å²) in [5.74, 6) is 0.778. The average Bonchev–Trinajstić information content (AvgIpc) is 3.19. The number of H-pyrrole nitrogens is 1. The second-order valence-corrected chi connectivity index (χ2v) is 5.38. The number of rotatable bonds is 7. The highest BCUT2D eigenvalue weighted by Crippen LogP contribution is 2.28. The van der Waals surface area contributed by atoms with E-state index in [1.54, 1.807) is 6.20 Å². The Morgan fingerprint density at radius 2 is 2.20 bits per heavy atom. The predicted octanol–water partition coefficient (Wildman–Crippen LogP) is 2.71. The van der Waals surface area contributed by atoms with Gasteiger partial charge in [0, 0.05) is 36.9 Å². The maximum atomic E-state index is 12.1. The second-order valence-electron chi connectivity index (χ2n) is 5.38. The van der Waals surface area contributed by atoms with Crippen LogP contribution < -0.4 is 5.32 Å². The Hall–Kier alpha value is -1.81. The molecule has 0 unspecified atom stereocenters. The van der Waals surface area contributed by atoms with Crippen molar-refractivity contribution in [2.45, 2.75) is 19.3 Å². The molecule has 0 radical (unpaired) electrons. The Balaban J connectivity index is 1.44. The van der Waals surface area contributed by atoms with Gasteiger partial charge in [0.2, 0.25) is 0 Å². The van der Waals surface area contributed by atoms with Crippen LogP contribution in [0, 0.1) is 5.92 Å². The topological polar surface area (TPSA) is 54.1 Å². The van der Waals surface area contributed by atoms with Gasteiger partial charge in [-0.05, 0) is 31.2 Å². The number of para-hydroxylation sites is 1. The first-order chi connectivity index (χ1) is 9.84. The molecule has 0 atom stereocenters. The van der Waals surface area contributed by atoms with E-state index in [1.807, 2.05) is 24.3 Å². The summed E-state index contributed by atoms with van der Waals surface area (Å²) in [5, 5.41) is 3.91. The molecule has 2 aromatic rings. The summed E-state index contributed by atoms with van der Waals surface area (Å²) in [6.07, 6.45) is 5.26. The van der Waals surface area contributed by atoms with Gasteiger partial charge in [0.25, 0.3) is 5.91 Å². The monoisotopic (exact) mass is 272 g/mol. The van der Waals surface area contributed by atoms with Gasteiger partial charge < -0.3 is 15.0 Å². The van der Waals surface area contributed by atoms with Gasteiger partial charge in [0.15, 0.2) is 0 Å². The van der Waals surface area contributed by atoms with Crippen molar-refractivity contribution in [2.24, 2.45) is 5.92 Å². The molecule has 3 rings (SSSR count). The van der Waals surface area contributed by atoms with Crippen LogP contribution in [-0.4, -0.2) is 30.6 Å². The van der Waals surface area contributed by atoms with Crippen molar-refractivity contribution in [3.05, 3.63) is 36.0 Å². The zero-order valence-electron chi connectivity index (χ0n) is 11.5. The van der Waals surface area contributed by atoms with E-state index in [0.29, 0.717) is 12.1 Å². The summed E-state index contributed by atoms with van der Waals surface area (Å²) in [6, 6.07) is 7.83. The Bertz CT molecular complexity index is 587. The molecule has 1 aromatic heterocycles. The Kier molecular flexibility index (Phi) is 4.02. The van der Waals surface area contributed by atoms with Crippen LogP contribution in [0.5, 0.6) is 0 Å². The molecule has 1 aliphatic rings. The Morgan fingerprint density at radius 1 is 1.35 bits per heavy atom. The second kappa shape index (κ2) is 6.09. The first kappa shape index (κ1) is 13.2. The lowest BCUT2D eigenvalue weighted by Crippen LogP contribution is -2.25. The SMILES string of the molecule is O=C(NCCCOCC1CC1)c1c[nH]c2ccccc12. The molecule has 1 fully saturated rings. The minimum atomic E-state index is -0.0235. The van der Waals surface area contributed by atoms with E-state index in [1.165, 1.54) is 12.8 Å². The molecule has 0 saturated heterocycles. The summed E-state index contributed by atoms with van der Waals surface area (Å²) >= 11 is 0. The van der Waals surface area contributed by atoms with Crippen LogP contribution in [0.4, 0.5) is 0 Å². The molecule has 1 heterocycles. The van der Waals surface area contributed by atoms with Crippen molar-refractivity contribution in [1.29, 1.82) is 0 Å². The summed E-state index contributed by atoms with van der Waals surface area (Å²) in [4.78, 5) is 15.2. The number of aromatic nitrogens is 1. The van der Waals surface area contributed by atoms with Crippen molar-refractivity contribution in [1.82, 2.24) is 10.3 Å². The number of benzene rings is 1.